The molecule has 2 heterocycles. The van der Waals surface area contributed by atoms with E-state index >= 15 is 0 Å². The Morgan fingerprint density at radius 2 is 2.05 bits per heavy atom. The van der Waals surface area contributed by atoms with Crippen molar-refractivity contribution in [2.75, 3.05) is 6.61 Å². The number of ether oxygens (including phenoxy) is 1. The summed E-state index contributed by atoms with van der Waals surface area (Å²) in [6, 6.07) is 7.15. The molecule has 20 heavy (non-hydrogen) atoms. The number of hydrogen-bond acceptors (Lipinski definition) is 4. The monoisotopic (exact) mass is 271 g/mol. The van der Waals surface area contributed by atoms with Crippen molar-refractivity contribution in [2.45, 2.75) is 6.92 Å². The van der Waals surface area contributed by atoms with Gasteiger partial charge in [0.25, 0.3) is 0 Å². The lowest BCUT2D eigenvalue weighted by Crippen LogP contribution is -2.10. The molecular weight excluding hydrogens is 258 g/mol. The van der Waals surface area contributed by atoms with Crippen molar-refractivity contribution in [3.63, 3.8) is 0 Å². The predicted octanol–water partition coefficient (Wildman–Crippen LogP) is 2.46. The molecule has 0 radical (unpaired) electrons. The molecule has 0 spiro atoms. The fourth-order valence-electron chi connectivity index (χ4n) is 2.42. The Hall–Kier alpha value is -2.56. The number of aryl methyl sites for hydroxylation is 1. The summed E-state index contributed by atoms with van der Waals surface area (Å²) in [6.07, 6.45) is 1.60. The van der Waals surface area contributed by atoms with Crippen molar-refractivity contribution in [1.82, 2.24) is 4.57 Å². The number of benzene rings is 1. The number of rotatable bonds is 2. The lowest BCUT2D eigenvalue weighted by Gasteiger charge is -2.05. The summed E-state index contributed by atoms with van der Waals surface area (Å²) in [6.45, 7) is 2.03. The molecule has 102 valence electrons. The molecule has 0 N–H and O–H groups in total. The van der Waals surface area contributed by atoms with E-state index in [1.807, 2.05) is 12.1 Å². The Morgan fingerprint density at radius 3 is 2.80 bits per heavy atom. The number of esters is 1. The van der Waals surface area contributed by atoms with Gasteiger partial charge in [0, 0.05) is 24.0 Å². The van der Waals surface area contributed by atoms with Gasteiger partial charge in [-0.25, -0.2) is 9.59 Å². The lowest BCUT2D eigenvalue weighted by molar-refractivity contribution is 0.0518. The maximum Gasteiger partial charge on any atom is 0.355 e. The molecule has 5 nitrogen and oxygen atoms in total. The molecule has 2 aromatic heterocycles. The third-order valence-electron chi connectivity index (χ3n) is 3.23. The van der Waals surface area contributed by atoms with Gasteiger partial charge in [0.15, 0.2) is 0 Å². The first-order chi connectivity index (χ1) is 9.63. The van der Waals surface area contributed by atoms with E-state index in [0.717, 1.165) is 5.39 Å². The van der Waals surface area contributed by atoms with Gasteiger partial charge in [0.1, 0.15) is 11.3 Å². The second-order valence-corrected chi connectivity index (χ2v) is 4.48. The molecular formula is C15H13NO4. The molecule has 0 unspecified atom stereocenters. The fourth-order valence-corrected chi connectivity index (χ4v) is 2.42. The highest BCUT2D eigenvalue weighted by Crippen LogP contribution is 2.27. The van der Waals surface area contributed by atoms with Gasteiger partial charge in [-0.15, -0.1) is 0 Å². The molecule has 1 aromatic carbocycles. The third-order valence-corrected chi connectivity index (χ3v) is 3.23. The summed E-state index contributed by atoms with van der Waals surface area (Å²) >= 11 is 0. The van der Waals surface area contributed by atoms with Crippen LogP contribution >= 0.6 is 0 Å². The van der Waals surface area contributed by atoms with Crippen LogP contribution in [0.2, 0.25) is 0 Å². The van der Waals surface area contributed by atoms with Crippen LogP contribution in [0.1, 0.15) is 17.4 Å². The van der Waals surface area contributed by atoms with Crippen molar-refractivity contribution in [3.8, 4) is 0 Å². The number of aromatic nitrogens is 1. The van der Waals surface area contributed by atoms with Gasteiger partial charge >= 0.3 is 11.6 Å². The van der Waals surface area contributed by atoms with Gasteiger partial charge in [0.05, 0.1) is 12.0 Å². The maximum atomic E-state index is 12.1. The minimum absolute atomic E-state index is 0.283. The van der Waals surface area contributed by atoms with E-state index < -0.39 is 11.6 Å². The summed E-state index contributed by atoms with van der Waals surface area (Å²) in [5.74, 6) is -0.444. The van der Waals surface area contributed by atoms with Crippen molar-refractivity contribution in [1.29, 1.82) is 0 Å². The minimum Gasteiger partial charge on any atom is -0.461 e. The number of carbonyl (C=O) groups is 1. The van der Waals surface area contributed by atoms with Crippen molar-refractivity contribution in [2.24, 2.45) is 7.05 Å². The van der Waals surface area contributed by atoms with Crippen LogP contribution in [-0.2, 0) is 11.8 Å². The van der Waals surface area contributed by atoms with Crippen molar-refractivity contribution < 1.29 is 13.9 Å². The molecule has 0 amide bonds. The van der Waals surface area contributed by atoms with Crippen LogP contribution in [0.25, 0.3) is 21.7 Å². The second-order valence-electron chi connectivity index (χ2n) is 4.48. The normalized spacial score (nSPS) is 11.1. The number of para-hydroxylation sites is 1. The Labute approximate surface area is 114 Å². The zero-order valence-corrected chi connectivity index (χ0v) is 11.2. The standard InChI is InChI=1S/C15H13NO4/c1-3-19-15(18)13-12-9-6-4-5-7-11(9)20-14(17)10(12)8-16(13)2/h4-8H,3H2,1-2H3. The van der Waals surface area contributed by atoms with Crippen molar-refractivity contribution in [3.05, 3.63) is 46.6 Å². The number of hydrogen-bond donors (Lipinski definition) is 0. The summed E-state index contributed by atoms with van der Waals surface area (Å²) in [7, 11) is 1.71. The van der Waals surface area contributed by atoms with Gasteiger partial charge in [-0.3, -0.25) is 0 Å². The number of nitrogens with zero attached hydrogens (tertiary/aromatic N) is 1. The van der Waals surface area contributed by atoms with Gasteiger partial charge in [0.2, 0.25) is 0 Å². The Balaban J connectivity index is 2.49. The lowest BCUT2D eigenvalue weighted by atomic mass is 10.1. The molecule has 3 rings (SSSR count). The largest absolute Gasteiger partial charge is 0.461 e. The summed E-state index contributed by atoms with van der Waals surface area (Å²) in [4.78, 5) is 24.1. The van der Waals surface area contributed by atoms with Crippen molar-refractivity contribution >= 4 is 27.7 Å². The molecule has 0 bridgehead atoms. The van der Waals surface area contributed by atoms with E-state index in [-0.39, 0.29) is 6.61 Å². The molecule has 5 heteroatoms. The zero-order valence-electron chi connectivity index (χ0n) is 11.2. The molecule has 3 aromatic rings. The van der Waals surface area contributed by atoms with Gasteiger partial charge in [-0.1, -0.05) is 18.2 Å². The molecule has 0 fully saturated rings. The van der Waals surface area contributed by atoms with E-state index in [1.54, 1.807) is 36.9 Å². The fraction of sp³-hybridized carbons (Fsp3) is 0.200. The molecule has 0 saturated carbocycles. The Kier molecular flexibility index (Phi) is 2.82. The highest BCUT2D eigenvalue weighted by atomic mass is 16.5. The molecule has 0 aliphatic carbocycles. The topological polar surface area (TPSA) is 61.4 Å². The van der Waals surface area contributed by atoms with Crippen LogP contribution in [0, 0.1) is 0 Å². The third kappa shape index (κ3) is 1.71. The quantitative estimate of drug-likeness (QED) is 0.530. The van der Waals surface area contributed by atoms with Crippen LogP contribution < -0.4 is 5.63 Å². The van der Waals surface area contributed by atoms with Crippen LogP contribution in [0.5, 0.6) is 0 Å². The summed E-state index contributed by atoms with van der Waals surface area (Å²) in [5, 5.41) is 1.69. The SMILES string of the molecule is CCOC(=O)c1c2c(cn1C)c(=O)oc1ccccc12. The zero-order chi connectivity index (χ0) is 14.3. The smallest absolute Gasteiger partial charge is 0.355 e. The molecule has 0 aliphatic rings. The number of carbonyl (C=O) groups excluding carboxylic acids is 1. The van der Waals surface area contributed by atoms with Crippen LogP contribution in [0.3, 0.4) is 0 Å². The average molecular weight is 271 g/mol. The highest BCUT2D eigenvalue weighted by Gasteiger charge is 2.21. The Bertz CT molecular complexity index is 873. The predicted molar refractivity (Wildman–Crippen MR) is 74.9 cm³/mol. The minimum atomic E-state index is -0.454. The number of fused-ring (bicyclic) bond motifs is 3. The van der Waals surface area contributed by atoms with Gasteiger partial charge in [-0.2, -0.15) is 0 Å². The first-order valence-corrected chi connectivity index (χ1v) is 6.31. The van der Waals surface area contributed by atoms with E-state index in [0.29, 0.717) is 22.0 Å². The summed E-state index contributed by atoms with van der Waals surface area (Å²) < 4.78 is 11.9. The first kappa shape index (κ1) is 12.5. The first-order valence-electron chi connectivity index (χ1n) is 6.31. The van der Waals surface area contributed by atoms with Crippen LogP contribution in [0.4, 0.5) is 0 Å². The van der Waals surface area contributed by atoms with E-state index in [1.165, 1.54) is 0 Å². The molecule has 0 saturated heterocycles. The second kappa shape index (κ2) is 4.52. The van der Waals surface area contributed by atoms with Crippen LogP contribution in [-0.4, -0.2) is 17.1 Å². The molecule has 0 aliphatic heterocycles. The van der Waals surface area contributed by atoms with Crippen LogP contribution in [0.15, 0.2) is 39.7 Å². The van der Waals surface area contributed by atoms with E-state index in [4.69, 9.17) is 9.15 Å². The van der Waals surface area contributed by atoms with Gasteiger partial charge < -0.3 is 13.7 Å². The highest BCUT2D eigenvalue weighted by molar-refractivity contribution is 6.14. The molecule has 0 atom stereocenters. The Morgan fingerprint density at radius 1 is 1.30 bits per heavy atom. The van der Waals surface area contributed by atoms with E-state index in [9.17, 15) is 9.59 Å². The average Bonchev–Trinajstić information content (AvgIpc) is 2.77. The maximum absolute atomic E-state index is 12.1. The summed E-state index contributed by atoms with van der Waals surface area (Å²) in [5.41, 5.74) is 0.373. The van der Waals surface area contributed by atoms with Gasteiger partial charge in [-0.05, 0) is 13.0 Å². The van der Waals surface area contributed by atoms with E-state index in [2.05, 4.69) is 0 Å².